The molecule has 0 amide bonds. The average molecular weight is 225 g/mol. The van der Waals surface area contributed by atoms with Crippen LogP contribution in [0.3, 0.4) is 0 Å². The number of hydrogen-bond acceptors (Lipinski definition) is 3. The fourth-order valence-electron chi connectivity index (χ4n) is 1.08. The van der Waals surface area contributed by atoms with Crippen LogP contribution in [0, 0.1) is 0 Å². The molecule has 15 heavy (non-hydrogen) atoms. The van der Waals surface area contributed by atoms with E-state index in [0.717, 1.165) is 5.75 Å². The van der Waals surface area contributed by atoms with Crippen molar-refractivity contribution in [1.29, 1.82) is 0 Å². The van der Waals surface area contributed by atoms with Gasteiger partial charge < -0.3 is 10.5 Å². The van der Waals surface area contributed by atoms with Gasteiger partial charge in [0.1, 0.15) is 0 Å². The Labute approximate surface area is 96.2 Å². The molecule has 2 N–H and O–H groups in total. The molecule has 3 heteroatoms. The van der Waals surface area contributed by atoms with Gasteiger partial charge in [0.25, 0.3) is 0 Å². The lowest BCUT2D eigenvalue weighted by atomic mass is 10.4. The summed E-state index contributed by atoms with van der Waals surface area (Å²) in [6.45, 7) is 4.69. The molecule has 0 aliphatic carbocycles. The fraction of sp³-hybridized carbons (Fsp3) is 0.500. The highest BCUT2D eigenvalue weighted by molar-refractivity contribution is 7.99. The SMILES string of the molecule is CC(C)OCC(N)CSc1ccccc1. The number of rotatable bonds is 6. The molecule has 1 unspecified atom stereocenters. The van der Waals surface area contributed by atoms with Crippen LogP contribution >= 0.6 is 11.8 Å². The summed E-state index contributed by atoms with van der Waals surface area (Å²) < 4.78 is 5.45. The maximum atomic E-state index is 5.92. The summed E-state index contributed by atoms with van der Waals surface area (Å²) in [5, 5.41) is 0. The highest BCUT2D eigenvalue weighted by Gasteiger charge is 2.04. The molecule has 84 valence electrons. The van der Waals surface area contributed by atoms with Crippen molar-refractivity contribution in [3.05, 3.63) is 30.3 Å². The second-order valence-corrected chi connectivity index (χ2v) is 4.86. The van der Waals surface area contributed by atoms with Crippen LogP contribution in [0.15, 0.2) is 35.2 Å². The number of thioether (sulfide) groups is 1. The molecule has 0 aliphatic rings. The number of ether oxygens (including phenoxy) is 1. The van der Waals surface area contributed by atoms with E-state index < -0.39 is 0 Å². The molecule has 0 spiro atoms. The zero-order chi connectivity index (χ0) is 11.1. The lowest BCUT2D eigenvalue weighted by Crippen LogP contribution is -2.30. The first kappa shape index (κ1) is 12.6. The summed E-state index contributed by atoms with van der Waals surface area (Å²) in [5.74, 6) is 0.900. The van der Waals surface area contributed by atoms with Gasteiger partial charge in [-0.25, -0.2) is 0 Å². The smallest absolute Gasteiger partial charge is 0.0629 e. The molecule has 1 rings (SSSR count). The van der Waals surface area contributed by atoms with Crippen LogP contribution in [0.5, 0.6) is 0 Å². The lowest BCUT2D eigenvalue weighted by molar-refractivity contribution is 0.0720. The minimum absolute atomic E-state index is 0.109. The Morgan fingerprint density at radius 1 is 1.27 bits per heavy atom. The van der Waals surface area contributed by atoms with Crippen molar-refractivity contribution < 1.29 is 4.74 Å². The second kappa shape index (κ2) is 6.88. The third-order valence-corrected chi connectivity index (χ3v) is 3.05. The van der Waals surface area contributed by atoms with Gasteiger partial charge in [-0.2, -0.15) is 0 Å². The molecular weight excluding hydrogens is 206 g/mol. The van der Waals surface area contributed by atoms with Gasteiger partial charge in [0.05, 0.1) is 12.7 Å². The van der Waals surface area contributed by atoms with Crippen molar-refractivity contribution in [2.75, 3.05) is 12.4 Å². The second-order valence-electron chi connectivity index (χ2n) is 3.77. The predicted molar refractivity (Wildman–Crippen MR) is 66.2 cm³/mol. The minimum atomic E-state index is 0.109. The number of nitrogens with two attached hydrogens (primary N) is 1. The molecule has 2 nitrogen and oxygen atoms in total. The third kappa shape index (κ3) is 5.82. The molecule has 0 saturated heterocycles. The predicted octanol–water partition coefficient (Wildman–Crippen LogP) is 2.53. The van der Waals surface area contributed by atoms with Crippen LogP contribution < -0.4 is 5.73 Å². The summed E-state index contributed by atoms with van der Waals surface area (Å²) in [5.41, 5.74) is 5.92. The number of benzene rings is 1. The molecule has 0 aromatic heterocycles. The molecular formula is C12H19NOS. The standard InChI is InChI=1S/C12H19NOS/c1-10(2)14-8-11(13)9-15-12-6-4-3-5-7-12/h3-7,10-11H,8-9,13H2,1-2H3. The van der Waals surface area contributed by atoms with Gasteiger partial charge in [0.15, 0.2) is 0 Å². The normalized spacial score (nSPS) is 13.1. The minimum Gasteiger partial charge on any atom is -0.377 e. The van der Waals surface area contributed by atoms with Crippen LogP contribution in [0.25, 0.3) is 0 Å². The quantitative estimate of drug-likeness (QED) is 0.756. The highest BCUT2D eigenvalue weighted by atomic mass is 32.2. The first-order valence-corrected chi connectivity index (χ1v) is 6.22. The van der Waals surface area contributed by atoms with Gasteiger partial charge in [0.2, 0.25) is 0 Å². The summed E-state index contributed by atoms with van der Waals surface area (Å²) in [4.78, 5) is 1.26. The van der Waals surface area contributed by atoms with E-state index in [2.05, 4.69) is 12.1 Å². The first-order chi connectivity index (χ1) is 7.18. The Kier molecular flexibility index (Phi) is 5.76. The Morgan fingerprint density at radius 2 is 1.93 bits per heavy atom. The van der Waals surface area contributed by atoms with Gasteiger partial charge >= 0.3 is 0 Å². The van der Waals surface area contributed by atoms with E-state index in [0.29, 0.717) is 6.61 Å². The molecule has 1 atom stereocenters. The Bertz CT molecular complexity index is 264. The Morgan fingerprint density at radius 3 is 2.53 bits per heavy atom. The van der Waals surface area contributed by atoms with Gasteiger partial charge in [0, 0.05) is 16.7 Å². The summed E-state index contributed by atoms with van der Waals surface area (Å²) >= 11 is 1.78. The summed E-state index contributed by atoms with van der Waals surface area (Å²) in [7, 11) is 0. The molecule has 0 saturated carbocycles. The first-order valence-electron chi connectivity index (χ1n) is 5.23. The summed E-state index contributed by atoms with van der Waals surface area (Å²) in [6.07, 6.45) is 0.262. The highest BCUT2D eigenvalue weighted by Crippen LogP contribution is 2.17. The van der Waals surface area contributed by atoms with Crippen molar-refractivity contribution in [1.82, 2.24) is 0 Å². The molecule has 0 fully saturated rings. The van der Waals surface area contributed by atoms with Crippen molar-refractivity contribution in [3.63, 3.8) is 0 Å². The molecule has 1 aromatic carbocycles. The van der Waals surface area contributed by atoms with Gasteiger partial charge in [-0.1, -0.05) is 18.2 Å². The Hall–Kier alpha value is -0.510. The zero-order valence-corrected chi connectivity index (χ0v) is 10.2. The molecule has 0 aliphatic heterocycles. The van der Waals surface area contributed by atoms with Gasteiger partial charge in [-0.05, 0) is 26.0 Å². The average Bonchev–Trinajstić information content (AvgIpc) is 2.25. The molecule has 0 bridgehead atoms. The van der Waals surface area contributed by atoms with E-state index in [9.17, 15) is 0 Å². The van der Waals surface area contributed by atoms with Crippen molar-refractivity contribution in [2.24, 2.45) is 5.73 Å². The zero-order valence-electron chi connectivity index (χ0n) is 9.35. The van der Waals surface area contributed by atoms with E-state index in [-0.39, 0.29) is 12.1 Å². The van der Waals surface area contributed by atoms with E-state index >= 15 is 0 Å². The van der Waals surface area contributed by atoms with Crippen molar-refractivity contribution in [3.8, 4) is 0 Å². The van der Waals surface area contributed by atoms with Gasteiger partial charge in [-0.3, -0.25) is 0 Å². The van der Waals surface area contributed by atoms with Crippen molar-refractivity contribution >= 4 is 11.8 Å². The van der Waals surface area contributed by atoms with Crippen LogP contribution in [0.4, 0.5) is 0 Å². The fourth-order valence-corrected chi connectivity index (χ4v) is 1.94. The van der Waals surface area contributed by atoms with Crippen LogP contribution in [-0.4, -0.2) is 24.5 Å². The molecule has 0 heterocycles. The van der Waals surface area contributed by atoms with E-state index in [4.69, 9.17) is 10.5 Å². The van der Waals surface area contributed by atoms with Gasteiger partial charge in [-0.15, -0.1) is 11.8 Å². The monoisotopic (exact) mass is 225 g/mol. The van der Waals surface area contributed by atoms with E-state index in [1.807, 2.05) is 32.0 Å². The molecule has 1 aromatic rings. The summed E-state index contributed by atoms with van der Waals surface area (Å²) in [6, 6.07) is 10.4. The van der Waals surface area contributed by atoms with Crippen LogP contribution in [0.2, 0.25) is 0 Å². The largest absolute Gasteiger partial charge is 0.377 e. The lowest BCUT2D eigenvalue weighted by Gasteiger charge is -2.13. The van der Waals surface area contributed by atoms with Crippen LogP contribution in [0.1, 0.15) is 13.8 Å². The number of hydrogen-bond donors (Lipinski definition) is 1. The topological polar surface area (TPSA) is 35.2 Å². The van der Waals surface area contributed by atoms with E-state index in [1.165, 1.54) is 4.90 Å². The maximum absolute atomic E-state index is 5.92. The molecule has 0 radical (unpaired) electrons. The van der Waals surface area contributed by atoms with Crippen LogP contribution in [-0.2, 0) is 4.74 Å². The third-order valence-electron chi connectivity index (χ3n) is 1.85. The van der Waals surface area contributed by atoms with E-state index in [1.54, 1.807) is 11.8 Å². The maximum Gasteiger partial charge on any atom is 0.0629 e. The van der Waals surface area contributed by atoms with Crippen molar-refractivity contribution in [2.45, 2.75) is 30.9 Å². The Balaban J connectivity index is 2.19.